The molecule has 2 amide bonds. The smallest absolute Gasteiger partial charge is 0.235 e. The fourth-order valence-electron chi connectivity index (χ4n) is 1.88. The van der Waals surface area contributed by atoms with Crippen LogP contribution in [0.4, 0.5) is 11.0 Å². The molecule has 0 fully saturated rings. The number of thioether (sulfide) groups is 1. The number of nitrogens with one attached hydrogen (secondary N) is 2. The number of amides is 2. The maximum Gasteiger partial charge on any atom is 0.235 e. The Morgan fingerprint density at radius 1 is 1.38 bits per heavy atom. The zero-order valence-electron chi connectivity index (χ0n) is 11.1. The zero-order valence-corrected chi connectivity index (χ0v) is 12.8. The van der Waals surface area contributed by atoms with Crippen LogP contribution < -0.4 is 10.6 Å². The second-order valence-corrected chi connectivity index (χ2v) is 6.32. The van der Waals surface area contributed by atoms with Crippen molar-refractivity contribution in [1.82, 2.24) is 10.1 Å². The van der Waals surface area contributed by atoms with Gasteiger partial charge >= 0.3 is 0 Å². The van der Waals surface area contributed by atoms with E-state index in [2.05, 4.69) is 20.8 Å². The highest BCUT2D eigenvalue weighted by atomic mass is 32.2. The van der Waals surface area contributed by atoms with E-state index in [0.717, 1.165) is 22.8 Å². The molecule has 110 valence electrons. The van der Waals surface area contributed by atoms with E-state index in [1.807, 2.05) is 0 Å². The maximum atomic E-state index is 12.0. The Kier molecular flexibility index (Phi) is 3.93. The van der Waals surface area contributed by atoms with Gasteiger partial charge in [0.1, 0.15) is 0 Å². The standard InChI is InChI=1S/C12H12N4O3S2/c1-6(17)13-12-14-7(3-21-12)2-10(18)15-11-8-4-20-5-9(8)16-19-11/h3H,2,4-5H2,1H3,(H,15,18)(H,13,14,17). The molecular formula is C12H12N4O3S2. The predicted octanol–water partition coefficient (Wildman–Crippen LogP) is 2.02. The number of hydrogen-bond acceptors (Lipinski definition) is 7. The van der Waals surface area contributed by atoms with Gasteiger partial charge in [0, 0.05) is 23.8 Å². The fraction of sp³-hybridized carbons (Fsp3) is 0.333. The van der Waals surface area contributed by atoms with Crippen molar-refractivity contribution in [2.24, 2.45) is 0 Å². The highest BCUT2D eigenvalue weighted by Crippen LogP contribution is 2.34. The van der Waals surface area contributed by atoms with E-state index < -0.39 is 0 Å². The third kappa shape index (κ3) is 3.24. The summed E-state index contributed by atoms with van der Waals surface area (Å²) in [6, 6.07) is 0. The molecule has 0 unspecified atom stereocenters. The molecule has 2 aromatic heterocycles. The molecule has 0 radical (unpaired) electrons. The van der Waals surface area contributed by atoms with Gasteiger partial charge in [0.25, 0.3) is 0 Å². The maximum absolute atomic E-state index is 12.0. The van der Waals surface area contributed by atoms with E-state index >= 15 is 0 Å². The molecule has 7 nitrogen and oxygen atoms in total. The second kappa shape index (κ2) is 5.86. The van der Waals surface area contributed by atoms with E-state index in [1.54, 1.807) is 17.1 Å². The van der Waals surface area contributed by atoms with Crippen molar-refractivity contribution >= 4 is 45.9 Å². The van der Waals surface area contributed by atoms with Crippen LogP contribution in [0, 0.1) is 0 Å². The van der Waals surface area contributed by atoms with Gasteiger partial charge in [0.05, 0.1) is 23.4 Å². The summed E-state index contributed by atoms with van der Waals surface area (Å²) in [6.07, 6.45) is 0.124. The summed E-state index contributed by atoms with van der Waals surface area (Å²) in [5.74, 6) is 1.65. The number of hydrogen-bond donors (Lipinski definition) is 2. The number of carbonyl (C=O) groups excluding carboxylic acids is 2. The minimum absolute atomic E-state index is 0.124. The summed E-state index contributed by atoms with van der Waals surface area (Å²) in [7, 11) is 0. The van der Waals surface area contributed by atoms with Gasteiger partial charge in [-0.2, -0.15) is 11.8 Å². The highest BCUT2D eigenvalue weighted by molar-refractivity contribution is 7.98. The van der Waals surface area contributed by atoms with Crippen molar-refractivity contribution in [3.05, 3.63) is 22.3 Å². The van der Waals surface area contributed by atoms with Crippen molar-refractivity contribution in [1.29, 1.82) is 0 Å². The minimum atomic E-state index is -0.217. The molecule has 0 bridgehead atoms. The first-order chi connectivity index (χ1) is 10.1. The lowest BCUT2D eigenvalue weighted by Crippen LogP contribution is -2.15. The largest absolute Gasteiger partial charge is 0.338 e. The zero-order chi connectivity index (χ0) is 14.8. The Morgan fingerprint density at radius 2 is 2.24 bits per heavy atom. The Morgan fingerprint density at radius 3 is 3.05 bits per heavy atom. The van der Waals surface area contributed by atoms with Crippen LogP contribution in [0.3, 0.4) is 0 Å². The summed E-state index contributed by atoms with van der Waals surface area (Å²) >= 11 is 3.02. The number of nitrogens with zero attached hydrogens (tertiary/aromatic N) is 2. The van der Waals surface area contributed by atoms with Crippen LogP contribution in [0.1, 0.15) is 23.9 Å². The lowest BCUT2D eigenvalue weighted by Gasteiger charge is -2.00. The molecule has 0 aliphatic carbocycles. The average Bonchev–Trinajstić information content (AvgIpc) is 3.08. The normalized spacial score (nSPS) is 13.0. The molecule has 3 rings (SSSR count). The molecule has 0 spiro atoms. The van der Waals surface area contributed by atoms with Crippen LogP contribution in [0.15, 0.2) is 9.90 Å². The number of rotatable bonds is 4. The van der Waals surface area contributed by atoms with Crippen molar-refractivity contribution < 1.29 is 14.1 Å². The van der Waals surface area contributed by atoms with Crippen molar-refractivity contribution in [3.63, 3.8) is 0 Å². The summed E-state index contributed by atoms with van der Waals surface area (Å²) in [5, 5.41) is 11.5. The quantitative estimate of drug-likeness (QED) is 0.893. The van der Waals surface area contributed by atoms with Crippen LogP contribution in [-0.2, 0) is 27.5 Å². The molecule has 0 aromatic carbocycles. The predicted molar refractivity (Wildman–Crippen MR) is 80.3 cm³/mol. The van der Waals surface area contributed by atoms with Gasteiger partial charge < -0.3 is 9.84 Å². The van der Waals surface area contributed by atoms with Crippen molar-refractivity contribution in [2.75, 3.05) is 10.6 Å². The Hall–Kier alpha value is -1.87. The number of carbonyl (C=O) groups is 2. The first-order valence-electron chi connectivity index (χ1n) is 6.19. The van der Waals surface area contributed by atoms with Gasteiger partial charge in [-0.15, -0.1) is 11.3 Å². The fourth-order valence-corrected chi connectivity index (χ4v) is 3.66. The first-order valence-corrected chi connectivity index (χ1v) is 8.22. The van der Waals surface area contributed by atoms with E-state index in [9.17, 15) is 9.59 Å². The molecule has 9 heteroatoms. The Balaban J connectivity index is 1.61. The lowest BCUT2D eigenvalue weighted by molar-refractivity contribution is -0.116. The second-order valence-electron chi connectivity index (χ2n) is 4.48. The van der Waals surface area contributed by atoms with Gasteiger partial charge in [0.2, 0.25) is 17.7 Å². The topological polar surface area (TPSA) is 97.1 Å². The third-order valence-electron chi connectivity index (χ3n) is 2.78. The number of fused-ring (bicyclic) bond motifs is 1. The summed E-state index contributed by atoms with van der Waals surface area (Å²) < 4.78 is 5.13. The molecule has 2 N–H and O–H groups in total. The van der Waals surface area contributed by atoms with Crippen LogP contribution in [-0.4, -0.2) is 22.0 Å². The van der Waals surface area contributed by atoms with Gasteiger partial charge in [0.15, 0.2) is 5.13 Å². The molecule has 2 aromatic rings. The molecule has 0 saturated heterocycles. The van der Waals surface area contributed by atoms with Crippen LogP contribution in [0.5, 0.6) is 0 Å². The van der Waals surface area contributed by atoms with Gasteiger partial charge in [-0.05, 0) is 0 Å². The van der Waals surface area contributed by atoms with Gasteiger partial charge in [-0.1, -0.05) is 5.16 Å². The number of thiazole rings is 1. The molecule has 21 heavy (non-hydrogen) atoms. The first kappa shape index (κ1) is 14.1. The van der Waals surface area contributed by atoms with E-state index in [4.69, 9.17) is 4.52 Å². The summed E-state index contributed by atoms with van der Waals surface area (Å²) in [6.45, 7) is 1.41. The number of anilines is 2. The third-order valence-corrected chi connectivity index (χ3v) is 4.56. The molecular weight excluding hydrogens is 312 g/mol. The van der Waals surface area contributed by atoms with Gasteiger partial charge in [-0.3, -0.25) is 14.9 Å². The van der Waals surface area contributed by atoms with Crippen molar-refractivity contribution in [2.45, 2.75) is 24.9 Å². The SMILES string of the molecule is CC(=O)Nc1nc(CC(=O)Nc2onc3c2CSC3)cs1. The Labute approximate surface area is 128 Å². The summed E-state index contributed by atoms with van der Waals surface area (Å²) in [4.78, 5) is 27.1. The Bertz CT molecular complexity index is 694. The molecule has 3 heterocycles. The van der Waals surface area contributed by atoms with Crippen LogP contribution in [0.25, 0.3) is 0 Å². The average molecular weight is 324 g/mol. The van der Waals surface area contributed by atoms with E-state index in [-0.39, 0.29) is 18.2 Å². The highest BCUT2D eigenvalue weighted by Gasteiger charge is 2.23. The summed E-state index contributed by atoms with van der Waals surface area (Å²) in [5.41, 5.74) is 2.47. The van der Waals surface area contributed by atoms with E-state index in [0.29, 0.717) is 16.7 Å². The van der Waals surface area contributed by atoms with E-state index in [1.165, 1.54) is 18.3 Å². The molecule has 1 aliphatic heterocycles. The van der Waals surface area contributed by atoms with Crippen molar-refractivity contribution in [3.8, 4) is 0 Å². The monoisotopic (exact) mass is 324 g/mol. The molecule has 1 aliphatic rings. The number of aromatic nitrogens is 2. The van der Waals surface area contributed by atoms with Crippen LogP contribution in [0.2, 0.25) is 0 Å². The molecule has 0 atom stereocenters. The lowest BCUT2D eigenvalue weighted by atomic mass is 10.2. The molecule has 0 saturated carbocycles. The minimum Gasteiger partial charge on any atom is -0.338 e. The van der Waals surface area contributed by atoms with Gasteiger partial charge in [-0.25, -0.2) is 4.98 Å². The van der Waals surface area contributed by atoms with Crippen LogP contribution >= 0.6 is 23.1 Å².